The summed E-state index contributed by atoms with van der Waals surface area (Å²) in [7, 11) is 0. The normalized spacial score (nSPS) is 25.3. The zero-order valence-electron chi connectivity index (χ0n) is 12.4. The van der Waals surface area contributed by atoms with Gasteiger partial charge in [-0.3, -0.25) is 0 Å². The summed E-state index contributed by atoms with van der Waals surface area (Å²) in [5.74, 6) is 0.637. The van der Waals surface area contributed by atoms with Crippen LogP contribution in [0.5, 0.6) is 0 Å². The van der Waals surface area contributed by atoms with Crippen LogP contribution in [0.25, 0.3) is 0 Å². The Morgan fingerprint density at radius 1 is 1.26 bits per heavy atom. The Bertz CT molecular complexity index is 416. The zero-order chi connectivity index (χ0) is 13.8. The quantitative estimate of drug-likeness (QED) is 0.869. The topological polar surface area (TPSA) is 32.3 Å². The number of nitrogens with one attached hydrogen (secondary N) is 1. The Hall–Kier alpha value is -0.860. The van der Waals surface area contributed by atoms with Gasteiger partial charge in [0.15, 0.2) is 0 Å². The summed E-state index contributed by atoms with van der Waals surface area (Å²) in [5, 5.41) is 13.3. The predicted molar refractivity (Wildman–Crippen MR) is 80.3 cm³/mol. The van der Waals surface area contributed by atoms with Crippen molar-refractivity contribution < 1.29 is 5.11 Å². The Morgan fingerprint density at radius 2 is 2.05 bits per heavy atom. The van der Waals surface area contributed by atoms with Gasteiger partial charge < -0.3 is 10.4 Å². The van der Waals surface area contributed by atoms with Crippen LogP contribution in [0.1, 0.15) is 55.3 Å². The summed E-state index contributed by atoms with van der Waals surface area (Å²) in [4.78, 5) is 0. The van der Waals surface area contributed by atoms with Gasteiger partial charge in [-0.05, 0) is 69.2 Å². The van der Waals surface area contributed by atoms with Crippen LogP contribution in [0.15, 0.2) is 18.2 Å². The highest BCUT2D eigenvalue weighted by molar-refractivity contribution is 5.31. The number of hydrogen-bond acceptors (Lipinski definition) is 2. The summed E-state index contributed by atoms with van der Waals surface area (Å²) in [6, 6.07) is 7.09. The molecule has 1 fully saturated rings. The number of aliphatic hydroxyl groups is 1. The number of hydrogen-bond donors (Lipinski definition) is 2. The van der Waals surface area contributed by atoms with E-state index in [-0.39, 0.29) is 6.10 Å². The lowest BCUT2D eigenvalue weighted by Crippen LogP contribution is -2.30. The largest absolute Gasteiger partial charge is 0.393 e. The van der Waals surface area contributed by atoms with Gasteiger partial charge in [0.05, 0.1) is 6.10 Å². The van der Waals surface area contributed by atoms with Crippen molar-refractivity contribution in [2.45, 2.75) is 58.6 Å². The molecule has 2 N–H and O–H groups in total. The van der Waals surface area contributed by atoms with E-state index in [2.05, 4.69) is 44.3 Å². The van der Waals surface area contributed by atoms with Crippen LogP contribution in [-0.4, -0.2) is 17.8 Å². The van der Waals surface area contributed by atoms with Gasteiger partial charge in [-0.2, -0.15) is 0 Å². The zero-order valence-corrected chi connectivity index (χ0v) is 12.4. The van der Waals surface area contributed by atoms with E-state index in [4.69, 9.17) is 0 Å². The SMILES string of the molecule is Cc1ccc(C(C)NCC2CCCC(O)C2)cc1C. The maximum Gasteiger partial charge on any atom is 0.0543 e. The van der Waals surface area contributed by atoms with Crippen molar-refractivity contribution in [3.8, 4) is 0 Å². The van der Waals surface area contributed by atoms with E-state index in [1.807, 2.05) is 0 Å². The summed E-state index contributed by atoms with van der Waals surface area (Å²) in [6.45, 7) is 7.57. The fourth-order valence-electron chi connectivity index (χ4n) is 2.94. The molecule has 2 nitrogen and oxygen atoms in total. The first-order valence-corrected chi connectivity index (χ1v) is 7.55. The molecule has 1 aromatic rings. The molecule has 0 saturated heterocycles. The lowest BCUT2D eigenvalue weighted by Gasteiger charge is -2.27. The third-order valence-electron chi connectivity index (χ3n) is 4.50. The maximum absolute atomic E-state index is 9.70. The summed E-state index contributed by atoms with van der Waals surface area (Å²) in [6.07, 6.45) is 4.31. The average Bonchev–Trinajstić information content (AvgIpc) is 2.39. The lowest BCUT2D eigenvalue weighted by molar-refractivity contribution is 0.0998. The second-order valence-corrected chi connectivity index (χ2v) is 6.16. The summed E-state index contributed by atoms with van der Waals surface area (Å²) < 4.78 is 0. The summed E-state index contributed by atoms with van der Waals surface area (Å²) >= 11 is 0. The van der Waals surface area contributed by atoms with Crippen molar-refractivity contribution >= 4 is 0 Å². The number of aryl methyl sites for hydroxylation is 2. The molecular formula is C17H27NO. The molecule has 19 heavy (non-hydrogen) atoms. The molecular weight excluding hydrogens is 234 g/mol. The van der Waals surface area contributed by atoms with Gasteiger partial charge in [-0.15, -0.1) is 0 Å². The Kier molecular flexibility index (Phi) is 5.00. The molecule has 1 aromatic carbocycles. The highest BCUT2D eigenvalue weighted by Crippen LogP contribution is 2.24. The molecule has 1 saturated carbocycles. The molecule has 0 aliphatic heterocycles. The van der Waals surface area contributed by atoms with Crippen LogP contribution in [0.4, 0.5) is 0 Å². The first kappa shape index (κ1) is 14.5. The molecule has 0 bridgehead atoms. The molecule has 2 rings (SSSR count). The van der Waals surface area contributed by atoms with Crippen molar-refractivity contribution in [2.75, 3.05) is 6.54 Å². The lowest BCUT2D eigenvalue weighted by atomic mass is 9.87. The minimum atomic E-state index is -0.0718. The Labute approximate surface area is 117 Å². The average molecular weight is 261 g/mol. The monoisotopic (exact) mass is 261 g/mol. The van der Waals surface area contributed by atoms with Gasteiger partial charge in [0.2, 0.25) is 0 Å². The maximum atomic E-state index is 9.70. The number of aliphatic hydroxyl groups excluding tert-OH is 1. The summed E-state index contributed by atoms with van der Waals surface area (Å²) in [5.41, 5.74) is 4.07. The van der Waals surface area contributed by atoms with Gasteiger partial charge in [0.1, 0.15) is 0 Å². The van der Waals surface area contributed by atoms with Crippen molar-refractivity contribution in [2.24, 2.45) is 5.92 Å². The predicted octanol–water partition coefficient (Wildman–Crippen LogP) is 3.51. The first-order chi connectivity index (χ1) is 9.06. The van der Waals surface area contributed by atoms with Crippen molar-refractivity contribution in [3.05, 3.63) is 34.9 Å². The standard InChI is InChI=1S/C17H27NO/c1-12-7-8-16(9-13(12)2)14(3)18-11-15-5-4-6-17(19)10-15/h7-9,14-15,17-19H,4-6,10-11H2,1-3H3. The first-order valence-electron chi connectivity index (χ1n) is 7.55. The van der Waals surface area contributed by atoms with E-state index in [0.717, 1.165) is 19.4 Å². The van der Waals surface area contributed by atoms with Gasteiger partial charge in [-0.25, -0.2) is 0 Å². The molecule has 0 heterocycles. The van der Waals surface area contributed by atoms with Crippen LogP contribution in [-0.2, 0) is 0 Å². The van der Waals surface area contributed by atoms with E-state index in [9.17, 15) is 5.11 Å². The minimum absolute atomic E-state index is 0.0718. The third kappa shape index (κ3) is 4.05. The van der Waals surface area contributed by atoms with Crippen molar-refractivity contribution in [1.82, 2.24) is 5.32 Å². The molecule has 0 aromatic heterocycles. The molecule has 0 spiro atoms. The fourth-order valence-corrected chi connectivity index (χ4v) is 2.94. The molecule has 3 atom stereocenters. The van der Waals surface area contributed by atoms with E-state index in [0.29, 0.717) is 12.0 Å². The van der Waals surface area contributed by atoms with E-state index >= 15 is 0 Å². The third-order valence-corrected chi connectivity index (χ3v) is 4.50. The molecule has 0 amide bonds. The molecule has 1 aliphatic carbocycles. The molecule has 3 unspecified atom stereocenters. The van der Waals surface area contributed by atoms with Crippen LogP contribution < -0.4 is 5.32 Å². The highest BCUT2D eigenvalue weighted by atomic mass is 16.3. The van der Waals surface area contributed by atoms with Gasteiger partial charge in [-0.1, -0.05) is 24.6 Å². The fraction of sp³-hybridized carbons (Fsp3) is 0.647. The highest BCUT2D eigenvalue weighted by Gasteiger charge is 2.20. The number of benzene rings is 1. The second kappa shape index (κ2) is 6.53. The van der Waals surface area contributed by atoms with E-state index in [1.165, 1.54) is 29.5 Å². The smallest absolute Gasteiger partial charge is 0.0543 e. The van der Waals surface area contributed by atoms with E-state index < -0.39 is 0 Å². The van der Waals surface area contributed by atoms with Gasteiger partial charge >= 0.3 is 0 Å². The Morgan fingerprint density at radius 3 is 2.74 bits per heavy atom. The molecule has 106 valence electrons. The van der Waals surface area contributed by atoms with Crippen LogP contribution in [0.2, 0.25) is 0 Å². The second-order valence-electron chi connectivity index (χ2n) is 6.16. The Balaban J connectivity index is 1.86. The minimum Gasteiger partial charge on any atom is -0.393 e. The molecule has 2 heteroatoms. The van der Waals surface area contributed by atoms with Crippen LogP contribution in [0, 0.1) is 19.8 Å². The van der Waals surface area contributed by atoms with Gasteiger partial charge in [0, 0.05) is 6.04 Å². The van der Waals surface area contributed by atoms with Crippen LogP contribution >= 0.6 is 0 Å². The van der Waals surface area contributed by atoms with Crippen molar-refractivity contribution in [1.29, 1.82) is 0 Å². The number of rotatable bonds is 4. The van der Waals surface area contributed by atoms with Crippen LogP contribution in [0.3, 0.4) is 0 Å². The van der Waals surface area contributed by atoms with Crippen molar-refractivity contribution in [3.63, 3.8) is 0 Å². The van der Waals surface area contributed by atoms with Gasteiger partial charge in [0.25, 0.3) is 0 Å². The van der Waals surface area contributed by atoms with E-state index in [1.54, 1.807) is 0 Å². The molecule has 0 radical (unpaired) electrons. The molecule has 1 aliphatic rings.